The van der Waals surface area contributed by atoms with Crippen molar-refractivity contribution in [2.45, 2.75) is 37.0 Å². The molecule has 2 rings (SSSR count). The molecule has 0 heterocycles. The highest BCUT2D eigenvalue weighted by Crippen LogP contribution is 2.29. The lowest BCUT2D eigenvalue weighted by Gasteiger charge is -2.08. The molecule has 0 saturated heterocycles. The second-order valence-electron chi connectivity index (χ2n) is 5.61. The van der Waals surface area contributed by atoms with Crippen LogP contribution in [0, 0.1) is 5.92 Å². The topological polar surface area (TPSA) is 71.4 Å². The third-order valence-corrected chi connectivity index (χ3v) is 5.08. The molecule has 5 heteroatoms. The minimum absolute atomic E-state index is 0.201. The standard InChI is InChI=1S/C16H20O4S/c1-21(19,20)14-9-7-13(8-10-14)15(16(17)18)11-6-12-4-2-3-5-12/h7-12H,2-6H2,1H3,(H,17,18)/b15-11+. The first-order valence-corrected chi connectivity index (χ1v) is 9.01. The lowest BCUT2D eigenvalue weighted by molar-refractivity contribution is -0.130. The number of allylic oxidation sites excluding steroid dienone is 1. The summed E-state index contributed by atoms with van der Waals surface area (Å²) in [6.45, 7) is 0. The Morgan fingerprint density at radius 3 is 2.29 bits per heavy atom. The summed E-state index contributed by atoms with van der Waals surface area (Å²) in [7, 11) is -3.26. The van der Waals surface area contributed by atoms with Gasteiger partial charge in [-0.25, -0.2) is 13.2 Å². The van der Waals surface area contributed by atoms with E-state index in [0.29, 0.717) is 11.5 Å². The van der Waals surface area contributed by atoms with E-state index in [0.717, 1.165) is 25.5 Å². The largest absolute Gasteiger partial charge is 0.478 e. The van der Waals surface area contributed by atoms with Crippen LogP contribution in [-0.4, -0.2) is 25.7 Å². The fourth-order valence-electron chi connectivity index (χ4n) is 2.74. The van der Waals surface area contributed by atoms with E-state index < -0.39 is 15.8 Å². The first-order chi connectivity index (χ1) is 9.88. The number of sulfone groups is 1. The van der Waals surface area contributed by atoms with Crippen LogP contribution >= 0.6 is 0 Å². The Balaban J connectivity index is 2.21. The van der Waals surface area contributed by atoms with Crippen molar-refractivity contribution in [3.05, 3.63) is 35.9 Å². The summed E-state index contributed by atoms with van der Waals surface area (Å²) >= 11 is 0. The van der Waals surface area contributed by atoms with Crippen molar-refractivity contribution in [1.29, 1.82) is 0 Å². The number of hydrogen-bond acceptors (Lipinski definition) is 3. The van der Waals surface area contributed by atoms with Crippen molar-refractivity contribution in [3.8, 4) is 0 Å². The average molecular weight is 308 g/mol. The molecule has 0 radical (unpaired) electrons. The highest BCUT2D eigenvalue weighted by molar-refractivity contribution is 7.90. The molecule has 1 fully saturated rings. The van der Waals surface area contributed by atoms with Gasteiger partial charge in [-0.2, -0.15) is 0 Å². The molecule has 21 heavy (non-hydrogen) atoms. The number of carboxylic acids is 1. The average Bonchev–Trinajstić information content (AvgIpc) is 2.91. The predicted molar refractivity (Wildman–Crippen MR) is 81.7 cm³/mol. The minimum Gasteiger partial charge on any atom is -0.478 e. The molecule has 1 aromatic carbocycles. The molecule has 114 valence electrons. The van der Waals surface area contributed by atoms with Gasteiger partial charge in [0.2, 0.25) is 0 Å². The number of benzene rings is 1. The predicted octanol–water partition coefficient (Wildman–Crippen LogP) is 3.14. The Morgan fingerprint density at radius 1 is 1.24 bits per heavy atom. The summed E-state index contributed by atoms with van der Waals surface area (Å²) < 4.78 is 22.8. The number of rotatable bonds is 5. The van der Waals surface area contributed by atoms with Gasteiger partial charge in [0.1, 0.15) is 0 Å². The molecule has 0 atom stereocenters. The third kappa shape index (κ3) is 4.17. The SMILES string of the molecule is CS(=O)(=O)c1ccc(/C(=C\CC2CCCC2)C(=O)O)cc1. The van der Waals surface area contributed by atoms with Crippen LogP contribution in [0.15, 0.2) is 35.2 Å². The van der Waals surface area contributed by atoms with E-state index in [-0.39, 0.29) is 10.5 Å². The maximum absolute atomic E-state index is 11.4. The van der Waals surface area contributed by atoms with Gasteiger partial charge in [-0.05, 0) is 30.0 Å². The van der Waals surface area contributed by atoms with Gasteiger partial charge in [0.25, 0.3) is 0 Å². The van der Waals surface area contributed by atoms with E-state index >= 15 is 0 Å². The van der Waals surface area contributed by atoms with E-state index in [1.807, 2.05) is 0 Å². The minimum atomic E-state index is -3.26. The number of carboxylic acid groups (broad SMARTS) is 1. The number of hydrogen-bond donors (Lipinski definition) is 1. The lowest BCUT2D eigenvalue weighted by Crippen LogP contribution is -2.02. The molecule has 0 aromatic heterocycles. The zero-order chi connectivity index (χ0) is 15.5. The molecule has 0 unspecified atom stereocenters. The van der Waals surface area contributed by atoms with Gasteiger partial charge in [-0.15, -0.1) is 0 Å². The van der Waals surface area contributed by atoms with E-state index in [1.54, 1.807) is 18.2 Å². The van der Waals surface area contributed by atoms with Crippen molar-refractivity contribution in [1.82, 2.24) is 0 Å². The molecular weight excluding hydrogens is 288 g/mol. The summed E-state index contributed by atoms with van der Waals surface area (Å²) in [5.41, 5.74) is 0.801. The Bertz CT molecular complexity index is 635. The van der Waals surface area contributed by atoms with E-state index in [4.69, 9.17) is 0 Å². The molecule has 0 amide bonds. The molecule has 1 aliphatic rings. The number of carbonyl (C=O) groups is 1. The van der Waals surface area contributed by atoms with Crippen LogP contribution in [0.1, 0.15) is 37.7 Å². The summed E-state index contributed by atoms with van der Waals surface area (Å²) in [5, 5.41) is 9.34. The Morgan fingerprint density at radius 2 is 1.81 bits per heavy atom. The van der Waals surface area contributed by atoms with Crippen molar-refractivity contribution in [2.75, 3.05) is 6.26 Å². The van der Waals surface area contributed by atoms with Crippen molar-refractivity contribution >= 4 is 21.4 Å². The molecule has 1 saturated carbocycles. The molecular formula is C16H20O4S. The zero-order valence-corrected chi connectivity index (χ0v) is 12.9. The van der Waals surface area contributed by atoms with Gasteiger partial charge >= 0.3 is 5.97 Å². The summed E-state index contributed by atoms with van der Waals surface area (Å²) in [6.07, 6.45) is 8.46. The second-order valence-corrected chi connectivity index (χ2v) is 7.62. The van der Waals surface area contributed by atoms with Crippen molar-refractivity contribution in [3.63, 3.8) is 0 Å². The van der Waals surface area contributed by atoms with Crippen LogP contribution in [0.4, 0.5) is 0 Å². The van der Waals surface area contributed by atoms with Gasteiger partial charge < -0.3 is 5.11 Å². The van der Waals surface area contributed by atoms with Gasteiger partial charge in [-0.1, -0.05) is 43.9 Å². The first kappa shape index (κ1) is 15.8. The van der Waals surface area contributed by atoms with Gasteiger partial charge in [-0.3, -0.25) is 0 Å². The molecule has 1 aromatic rings. The van der Waals surface area contributed by atoms with Gasteiger partial charge in [0, 0.05) is 6.26 Å². The highest BCUT2D eigenvalue weighted by atomic mass is 32.2. The van der Waals surface area contributed by atoms with Crippen LogP contribution in [0.5, 0.6) is 0 Å². The summed E-state index contributed by atoms with van der Waals surface area (Å²) in [6, 6.07) is 6.03. The Hall–Kier alpha value is -1.62. The Labute approximate surface area is 125 Å². The summed E-state index contributed by atoms with van der Waals surface area (Å²) in [4.78, 5) is 11.6. The Kier molecular flexibility index (Phi) is 4.83. The van der Waals surface area contributed by atoms with E-state index in [1.165, 1.54) is 25.0 Å². The van der Waals surface area contributed by atoms with Gasteiger partial charge in [0.15, 0.2) is 9.84 Å². The fourth-order valence-corrected chi connectivity index (χ4v) is 3.37. The number of aliphatic carboxylic acids is 1. The maximum atomic E-state index is 11.4. The van der Waals surface area contributed by atoms with E-state index in [9.17, 15) is 18.3 Å². The normalized spacial score (nSPS) is 17.1. The van der Waals surface area contributed by atoms with Crippen LogP contribution in [0.3, 0.4) is 0 Å². The maximum Gasteiger partial charge on any atom is 0.335 e. The van der Waals surface area contributed by atoms with Crippen molar-refractivity contribution in [2.24, 2.45) is 5.92 Å². The first-order valence-electron chi connectivity index (χ1n) is 7.12. The smallest absolute Gasteiger partial charge is 0.335 e. The van der Waals surface area contributed by atoms with Crippen molar-refractivity contribution < 1.29 is 18.3 Å². The molecule has 1 aliphatic carbocycles. The molecule has 1 N–H and O–H groups in total. The van der Waals surface area contributed by atoms with Crippen LogP contribution in [0.25, 0.3) is 5.57 Å². The zero-order valence-electron chi connectivity index (χ0n) is 12.1. The highest BCUT2D eigenvalue weighted by Gasteiger charge is 2.16. The van der Waals surface area contributed by atoms with Crippen LogP contribution in [-0.2, 0) is 14.6 Å². The van der Waals surface area contributed by atoms with E-state index in [2.05, 4.69) is 0 Å². The molecule has 0 spiro atoms. The second kappa shape index (κ2) is 6.43. The van der Waals surface area contributed by atoms with Gasteiger partial charge in [0.05, 0.1) is 10.5 Å². The third-order valence-electron chi connectivity index (χ3n) is 3.95. The summed E-state index contributed by atoms with van der Waals surface area (Å²) in [5.74, 6) is -0.394. The molecule has 0 aliphatic heterocycles. The quantitative estimate of drug-likeness (QED) is 0.848. The monoisotopic (exact) mass is 308 g/mol. The van der Waals surface area contributed by atoms with Crippen LogP contribution < -0.4 is 0 Å². The van der Waals surface area contributed by atoms with Crippen LogP contribution in [0.2, 0.25) is 0 Å². The molecule has 4 nitrogen and oxygen atoms in total. The fraction of sp³-hybridized carbons (Fsp3) is 0.438. The molecule has 0 bridgehead atoms. The lowest BCUT2D eigenvalue weighted by atomic mass is 9.99.